The van der Waals surface area contributed by atoms with E-state index in [1.54, 1.807) is 35.8 Å². The van der Waals surface area contributed by atoms with Crippen LogP contribution in [0.15, 0.2) is 35.1 Å². The van der Waals surface area contributed by atoms with Gasteiger partial charge in [0.25, 0.3) is 11.5 Å². The van der Waals surface area contributed by atoms with Crippen molar-refractivity contribution in [3.8, 4) is 6.07 Å². The van der Waals surface area contributed by atoms with E-state index in [1.807, 2.05) is 11.0 Å². The molecule has 4 N–H and O–H groups in total. The molecule has 2 atom stereocenters. The van der Waals surface area contributed by atoms with Gasteiger partial charge in [-0.3, -0.25) is 19.0 Å². The van der Waals surface area contributed by atoms with E-state index in [2.05, 4.69) is 11.4 Å². The van der Waals surface area contributed by atoms with Gasteiger partial charge >= 0.3 is 5.97 Å². The molecule has 1 saturated heterocycles. The summed E-state index contributed by atoms with van der Waals surface area (Å²) < 4.78 is 1.87. The Hall–Kier alpha value is -3.75. The van der Waals surface area contributed by atoms with Crippen LogP contribution in [-0.2, 0) is 11.3 Å². The maximum Gasteiger partial charge on any atom is 0.308 e. The Morgan fingerprint density at radius 3 is 2.86 bits per heavy atom. The Kier molecular flexibility index (Phi) is 7.67. The summed E-state index contributed by atoms with van der Waals surface area (Å²) in [6.45, 7) is 3.13. The number of aromatic nitrogens is 2. The number of rotatable bonds is 8. The number of amides is 1. The van der Waals surface area contributed by atoms with Crippen molar-refractivity contribution in [2.45, 2.75) is 38.8 Å². The monoisotopic (exact) mass is 508 g/mol. The number of hydrogen-bond acceptors (Lipinski definition) is 8. The van der Waals surface area contributed by atoms with Gasteiger partial charge in [0.2, 0.25) is 5.95 Å². The smallest absolute Gasteiger partial charge is 0.308 e. The number of carboxylic acid groups (broad SMARTS) is 1. The van der Waals surface area contributed by atoms with Crippen molar-refractivity contribution >= 4 is 39.4 Å². The number of nitrogens with one attached hydrogen (secondary N) is 1. The van der Waals surface area contributed by atoms with E-state index in [0.29, 0.717) is 46.8 Å². The number of nitrogens with zero attached hydrogens (tertiary/aromatic N) is 4. The number of benzene rings is 1. The fraction of sp³-hybridized carbons (Fsp3) is 0.400. The summed E-state index contributed by atoms with van der Waals surface area (Å²) in [5.74, 6) is -1.65. The highest BCUT2D eigenvalue weighted by molar-refractivity contribution is 7.20. The summed E-state index contributed by atoms with van der Waals surface area (Å²) in [6, 6.07) is 10.8. The molecule has 0 spiro atoms. The molecule has 1 fully saturated rings. The highest BCUT2D eigenvalue weighted by Crippen LogP contribution is 2.26. The van der Waals surface area contributed by atoms with Crippen LogP contribution in [0, 0.1) is 17.2 Å². The van der Waals surface area contributed by atoms with Crippen LogP contribution in [0.5, 0.6) is 0 Å². The molecule has 1 amide bonds. The molecule has 4 rings (SSSR count). The average Bonchev–Trinajstić information content (AvgIpc) is 3.31. The summed E-state index contributed by atoms with van der Waals surface area (Å²) in [5.41, 5.74) is 7.47. The van der Waals surface area contributed by atoms with Gasteiger partial charge in [0.15, 0.2) is 0 Å². The second kappa shape index (κ2) is 10.9. The van der Waals surface area contributed by atoms with Crippen LogP contribution in [0.25, 0.3) is 10.2 Å². The van der Waals surface area contributed by atoms with E-state index >= 15 is 0 Å². The third-order valence-electron chi connectivity index (χ3n) is 6.40. The van der Waals surface area contributed by atoms with Crippen molar-refractivity contribution < 1.29 is 14.7 Å². The molecular formula is C25H28N6O4S. The van der Waals surface area contributed by atoms with Crippen LogP contribution in [0.3, 0.4) is 0 Å². The number of carbonyl (C=O) groups is 2. The van der Waals surface area contributed by atoms with Gasteiger partial charge in [-0.1, -0.05) is 25.1 Å². The lowest BCUT2D eigenvalue weighted by molar-refractivity contribution is -0.141. The van der Waals surface area contributed by atoms with Crippen LogP contribution < -0.4 is 21.5 Å². The van der Waals surface area contributed by atoms with Gasteiger partial charge in [-0.25, -0.2) is 4.98 Å². The van der Waals surface area contributed by atoms with Crippen molar-refractivity contribution in [3.63, 3.8) is 0 Å². The van der Waals surface area contributed by atoms with Crippen LogP contribution in [0.4, 0.5) is 5.95 Å². The maximum atomic E-state index is 13.7. The predicted octanol–water partition coefficient (Wildman–Crippen LogP) is 2.15. The van der Waals surface area contributed by atoms with E-state index in [0.717, 1.165) is 24.2 Å². The van der Waals surface area contributed by atoms with Gasteiger partial charge in [0.1, 0.15) is 4.70 Å². The van der Waals surface area contributed by atoms with Crippen molar-refractivity contribution in [3.05, 3.63) is 56.7 Å². The van der Waals surface area contributed by atoms with E-state index < -0.39 is 17.8 Å². The summed E-state index contributed by atoms with van der Waals surface area (Å²) in [5, 5.41) is 21.4. The van der Waals surface area contributed by atoms with E-state index in [1.165, 1.54) is 0 Å². The summed E-state index contributed by atoms with van der Waals surface area (Å²) in [4.78, 5) is 44.8. The lowest BCUT2D eigenvalue weighted by Gasteiger charge is -2.33. The number of nitrogens with two attached hydrogens (primary N) is 1. The number of carbonyl (C=O) groups excluding carboxylic acids is 1. The first kappa shape index (κ1) is 25.3. The number of fused-ring (bicyclic) bond motifs is 1. The number of carboxylic acids is 1. The fourth-order valence-corrected chi connectivity index (χ4v) is 5.30. The molecule has 0 bridgehead atoms. The molecule has 0 saturated carbocycles. The Morgan fingerprint density at radius 2 is 2.17 bits per heavy atom. The molecule has 1 aromatic carbocycles. The average molecular weight is 509 g/mol. The zero-order valence-electron chi connectivity index (χ0n) is 19.9. The fourth-order valence-electron chi connectivity index (χ4n) is 4.33. The van der Waals surface area contributed by atoms with Crippen LogP contribution >= 0.6 is 11.3 Å². The van der Waals surface area contributed by atoms with Gasteiger partial charge in [-0.05, 0) is 37.0 Å². The quantitative estimate of drug-likeness (QED) is 0.418. The Bertz CT molecular complexity index is 1390. The third kappa shape index (κ3) is 5.24. The van der Waals surface area contributed by atoms with E-state index in [-0.39, 0.29) is 29.6 Å². The largest absolute Gasteiger partial charge is 0.481 e. The number of thiophene rings is 1. The Morgan fingerprint density at radius 1 is 1.39 bits per heavy atom. The van der Waals surface area contributed by atoms with Gasteiger partial charge in [-0.15, -0.1) is 11.3 Å². The van der Waals surface area contributed by atoms with Crippen LogP contribution in [-0.4, -0.2) is 52.2 Å². The van der Waals surface area contributed by atoms with Crippen LogP contribution in [0.1, 0.15) is 47.0 Å². The minimum Gasteiger partial charge on any atom is -0.481 e. The summed E-state index contributed by atoms with van der Waals surface area (Å²) in [7, 11) is 0. The Balaban J connectivity index is 1.75. The number of hydrogen-bond donors (Lipinski definition) is 3. The normalized spacial score (nSPS) is 16.5. The van der Waals surface area contributed by atoms with Gasteiger partial charge < -0.3 is 21.1 Å². The molecule has 10 nitrogen and oxygen atoms in total. The van der Waals surface area contributed by atoms with E-state index in [9.17, 15) is 24.8 Å². The van der Waals surface area contributed by atoms with Crippen molar-refractivity contribution in [1.29, 1.82) is 5.26 Å². The van der Waals surface area contributed by atoms with Crippen molar-refractivity contribution in [2.24, 2.45) is 11.7 Å². The molecule has 188 valence electrons. The molecular weight excluding hydrogens is 480 g/mol. The molecule has 11 heteroatoms. The van der Waals surface area contributed by atoms with Gasteiger partial charge in [0, 0.05) is 25.7 Å². The van der Waals surface area contributed by atoms with Crippen molar-refractivity contribution in [1.82, 2.24) is 14.9 Å². The number of aliphatic carboxylic acids is 1. The first-order chi connectivity index (χ1) is 17.3. The Labute approximate surface area is 212 Å². The SMILES string of the molecule is CCC(CNC(=O)c1cc2nc(N3CCCC(N)C3)n(Cc3ccccc3C#N)c(=O)c2s1)C(=O)O. The molecule has 1 aliphatic rings. The zero-order valence-corrected chi connectivity index (χ0v) is 20.8. The first-order valence-corrected chi connectivity index (χ1v) is 12.7. The highest BCUT2D eigenvalue weighted by atomic mass is 32.1. The minimum absolute atomic E-state index is 0.00155. The number of piperidine rings is 1. The lowest BCUT2D eigenvalue weighted by Crippen LogP contribution is -2.45. The molecule has 1 aliphatic heterocycles. The number of anilines is 1. The topological polar surface area (TPSA) is 154 Å². The first-order valence-electron chi connectivity index (χ1n) is 11.9. The maximum absolute atomic E-state index is 13.7. The summed E-state index contributed by atoms with van der Waals surface area (Å²) >= 11 is 1.03. The van der Waals surface area contributed by atoms with Gasteiger partial charge in [-0.2, -0.15) is 5.26 Å². The van der Waals surface area contributed by atoms with E-state index in [4.69, 9.17) is 10.7 Å². The minimum atomic E-state index is -0.972. The molecule has 0 aliphatic carbocycles. The molecule has 0 radical (unpaired) electrons. The third-order valence-corrected chi connectivity index (χ3v) is 7.51. The second-order valence-corrected chi connectivity index (χ2v) is 9.95. The lowest BCUT2D eigenvalue weighted by atomic mass is 10.1. The molecule has 2 unspecified atom stereocenters. The van der Waals surface area contributed by atoms with Gasteiger partial charge in [0.05, 0.1) is 34.5 Å². The van der Waals surface area contributed by atoms with Crippen molar-refractivity contribution in [2.75, 3.05) is 24.5 Å². The molecule has 2 aromatic heterocycles. The summed E-state index contributed by atoms with van der Waals surface area (Å²) in [6.07, 6.45) is 2.14. The van der Waals surface area contributed by atoms with Crippen LogP contribution in [0.2, 0.25) is 0 Å². The molecule has 3 aromatic rings. The zero-order chi connectivity index (χ0) is 25.8. The highest BCUT2D eigenvalue weighted by Gasteiger charge is 2.25. The standard InChI is InChI=1S/C25H28N6O4S/c1-2-15(24(34)35)12-28-22(32)20-10-19-21(36-20)23(33)31(13-17-7-4-3-6-16(17)11-26)25(29-19)30-9-5-8-18(27)14-30/h3-4,6-7,10,15,18H,2,5,8-9,12-14,27H2,1H3,(H,28,32)(H,34,35). The molecule has 36 heavy (non-hydrogen) atoms. The second-order valence-electron chi connectivity index (χ2n) is 8.90. The number of nitriles is 1. The molecule has 3 heterocycles. The predicted molar refractivity (Wildman–Crippen MR) is 137 cm³/mol.